The standard InChI is InChI=1S/C29H40O6/c1-5-7-25(32)34-18-24(31)29(35-26(33)8-6-2)16-13-23-21-10-9-19-17-20(30)11-14-27(19,3)22(21)12-15-28(23,29)4/h12,17,21,23H,5-11,13-16,18H2,1-4H3/t21-,23+,27+,28+,29+/m1/s1. The van der Waals surface area contributed by atoms with Crippen LogP contribution in [0, 0.1) is 22.7 Å². The van der Waals surface area contributed by atoms with Crippen LogP contribution >= 0.6 is 0 Å². The van der Waals surface area contributed by atoms with Gasteiger partial charge in [-0.2, -0.15) is 0 Å². The predicted octanol–water partition coefficient (Wildman–Crippen LogP) is 5.43. The maximum atomic E-state index is 13.7. The van der Waals surface area contributed by atoms with Crippen molar-refractivity contribution >= 4 is 23.5 Å². The average Bonchev–Trinajstić information content (AvgIpc) is 3.11. The molecule has 6 nitrogen and oxygen atoms in total. The zero-order chi connectivity index (χ0) is 25.4. The molecule has 6 heteroatoms. The summed E-state index contributed by atoms with van der Waals surface area (Å²) in [7, 11) is 0. The van der Waals surface area contributed by atoms with Gasteiger partial charge >= 0.3 is 11.9 Å². The minimum Gasteiger partial charge on any atom is -0.457 e. The van der Waals surface area contributed by atoms with Gasteiger partial charge in [-0.3, -0.25) is 19.2 Å². The first kappa shape index (κ1) is 25.8. The Balaban J connectivity index is 1.68. The molecule has 0 aromatic rings. The van der Waals surface area contributed by atoms with E-state index >= 15 is 0 Å². The van der Waals surface area contributed by atoms with Crippen molar-refractivity contribution in [2.75, 3.05) is 6.61 Å². The Labute approximate surface area is 208 Å². The van der Waals surface area contributed by atoms with Crippen molar-refractivity contribution in [3.63, 3.8) is 0 Å². The Kier molecular flexibility index (Phi) is 7.14. The molecule has 0 spiro atoms. The Morgan fingerprint density at radius 2 is 1.71 bits per heavy atom. The first-order valence-corrected chi connectivity index (χ1v) is 13.5. The Morgan fingerprint density at radius 1 is 1.00 bits per heavy atom. The van der Waals surface area contributed by atoms with Crippen molar-refractivity contribution in [2.24, 2.45) is 22.7 Å². The van der Waals surface area contributed by atoms with Gasteiger partial charge < -0.3 is 9.47 Å². The van der Waals surface area contributed by atoms with Crippen LogP contribution < -0.4 is 0 Å². The summed E-state index contributed by atoms with van der Waals surface area (Å²) >= 11 is 0. The second kappa shape index (κ2) is 9.67. The first-order valence-electron chi connectivity index (χ1n) is 13.5. The number of esters is 2. The topological polar surface area (TPSA) is 86.7 Å². The van der Waals surface area contributed by atoms with Crippen LogP contribution in [-0.2, 0) is 28.7 Å². The molecule has 192 valence electrons. The van der Waals surface area contributed by atoms with Crippen LogP contribution in [0.1, 0.15) is 98.3 Å². The number of allylic oxidation sites excluding steroid dienone is 4. The summed E-state index contributed by atoms with van der Waals surface area (Å²) in [6.07, 6.45) is 11.1. The van der Waals surface area contributed by atoms with E-state index in [9.17, 15) is 19.2 Å². The molecule has 2 fully saturated rings. The summed E-state index contributed by atoms with van der Waals surface area (Å²) in [6, 6.07) is 0. The zero-order valence-corrected chi connectivity index (χ0v) is 21.7. The number of rotatable bonds is 8. The van der Waals surface area contributed by atoms with E-state index in [2.05, 4.69) is 19.9 Å². The van der Waals surface area contributed by atoms with Gasteiger partial charge in [0.2, 0.25) is 5.78 Å². The fraction of sp³-hybridized carbons (Fsp3) is 0.724. The molecule has 0 bridgehead atoms. The number of ketones is 2. The highest BCUT2D eigenvalue weighted by Gasteiger charge is 2.67. The number of carbonyl (C=O) groups excluding carboxylic acids is 4. The number of ether oxygens (including phenoxy) is 2. The van der Waals surface area contributed by atoms with Crippen molar-refractivity contribution in [2.45, 2.75) is 104 Å². The van der Waals surface area contributed by atoms with Crippen molar-refractivity contribution in [3.8, 4) is 0 Å². The Bertz CT molecular complexity index is 976. The molecule has 0 radical (unpaired) electrons. The molecule has 4 aliphatic carbocycles. The third-order valence-corrected chi connectivity index (χ3v) is 9.47. The lowest BCUT2D eigenvalue weighted by molar-refractivity contribution is -0.186. The van der Waals surface area contributed by atoms with Crippen molar-refractivity contribution < 1.29 is 28.7 Å². The van der Waals surface area contributed by atoms with Crippen molar-refractivity contribution in [1.29, 1.82) is 0 Å². The van der Waals surface area contributed by atoms with Gasteiger partial charge in [0, 0.05) is 30.1 Å². The van der Waals surface area contributed by atoms with Gasteiger partial charge in [0.25, 0.3) is 0 Å². The van der Waals surface area contributed by atoms with E-state index in [0.717, 1.165) is 25.7 Å². The van der Waals surface area contributed by atoms with E-state index in [1.807, 2.05) is 19.9 Å². The Morgan fingerprint density at radius 3 is 2.43 bits per heavy atom. The van der Waals surface area contributed by atoms with E-state index in [1.165, 1.54) is 11.1 Å². The SMILES string of the molecule is CCCC(=O)OCC(=O)[C@@]1(OC(=O)CCC)CC[C@H]2[C@@H]3CCC4=CC(=O)CC[C@]4(C)C3=CC[C@@]21C. The largest absolute Gasteiger partial charge is 0.457 e. The average molecular weight is 485 g/mol. The molecular weight excluding hydrogens is 444 g/mol. The van der Waals surface area contributed by atoms with Crippen molar-refractivity contribution in [3.05, 3.63) is 23.3 Å². The highest BCUT2D eigenvalue weighted by atomic mass is 16.6. The smallest absolute Gasteiger partial charge is 0.306 e. The summed E-state index contributed by atoms with van der Waals surface area (Å²) in [6.45, 7) is 7.82. The van der Waals surface area contributed by atoms with Gasteiger partial charge in [0.1, 0.15) is 0 Å². The molecule has 0 aromatic heterocycles. The summed E-state index contributed by atoms with van der Waals surface area (Å²) in [4.78, 5) is 50.6. The fourth-order valence-electron chi connectivity index (χ4n) is 7.52. The molecule has 0 heterocycles. The van der Waals surface area contributed by atoms with Crippen LogP contribution in [0.2, 0.25) is 0 Å². The van der Waals surface area contributed by atoms with E-state index < -0.39 is 17.0 Å². The third kappa shape index (κ3) is 4.21. The second-order valence-electron chi connectivity index (χ2n) is 11.4. The van der Waals surface area contributed by atoms with E-state index in [-0.39, 0.29) is 48.3 Å². The molecule has 5 atom stereocenters. The number of Topliss-reactive ketones (excluding diaryl/α,β-unsaturated/α-hetero) is 1. The maximum absolute atomic E-state index is 13.7. The van der Waals surface area contributed by atoms with Gasteiger partial charge in [-0.25, -0.2) is 0 Å². The van der Waals surface area contributed by atoms with Crippen LogP contribution in [0.5, 0.6) is 0 Å². The summed E-state index contributed by atoms with van der Waals surface area (Å²) in [5.74, 6) is -0.325. The molecule has 0 aromatic carbocycles. The lowest BCUT2D eigenvalue weighted by Gasteiger charge is -2.55. The van der Waals surface area contributed by atoms with Gasteiger partial charge in [-0.05, 0) is 69.3 Å². The lowest BCUT2D eigenvalue weighted by atomic mass is 9.50. The first-order chi connectivity index (χ1) is 16.6. The van der Waals surface area contributed by atoms with Gasteiger partial charge in [0.15, 0.2) is 18.0 Å². The van der Waals surface area contributed by atoms with Gasteiger partial charge in [-0.15, -0.1) is 0 Å². The van der Waals surface area contributed by atoms with Crippen LogP contribution in [0.15, 0.2) is 23.3 Å². The molecule has 0 unspecified atom stereocenters. The minimum absolute atomic E-state index is 0.0953. The van der Waals surface area contributed by atoms with E-state index in [0.29, 0.717) is 38.0 Å². The molecule has 4 rings (SSSR count). The molecule has 0 N–H and O–H groups in total. The second-order valence-corrected chi connectivity index (χ2v) is 11.4. The lowest BCUT2D eigenvalue weighted by Crippen LogP contribution is -2.58. The zero-order valence-electron chi connectivity index (χ0n) is 21.7. The molecule has 35 heavy (non-hydrogen) atoms. The quantitative estimate of drug-likeness (QED) is 0.337. The maximum Gasteiger partial charge on any atom is 0.306 e. The molecule has 2 saturated carbocycles. The molecule has 0 saturated heterocycles. The highest BCUT2D eigenvalue weighted by Crippen LogP contribution is 2.66. The van der Waals surface area contributed by atoms with Crippen LogP contribution in [0.3, 0.4) is 0 Å². The van der Waals surface area contributed by atoms with E-state index in [1.54, 1.807) is 0 Å². The third-order valence-electron chi connectivity index (χ3n) is 9.47. The number of fused-ring (bicyclic) bond motifs is 5. The van der Waals surface area contributed by atoms with Crippen LogP contribution in [-0.4, -0.2) is 35.7 Å². The highest BCUT2D eigenvalue weighted by molar-refractivity contribution is 5.94. The number of hydrogen-bond acceptors (Lipinski definition) is 6. The fourth-order valence-corrected chi connectivity index (χ4v) is 7.52. The normalized spacial score (nSPS) is 35.7. The minimum atomic E-state index is -1.28. The van der Waals surface area contributed by atoms with Gasteiger partial charge in [-0.1, -0.05) is 44.9 Å². The number of carbonyl (C=O) groups is 4. The summed E-state index contributed by atoms with van der Waals surface area (Å²) < 4.78 is 11.4. The summed E-state index contributed by atoms with van der Waals surface area (Å²) in [5, 5.41) is 0. The summed E-state index contributed by atoms with van der Waals surface area (Å²) in [5.41, 5.74) is 0.723. The van der Waals surface area contributed by atoms with Crippen molar-refractivity contribution in [1.82, 2.24) is 0 Å². The Hall–Kier alpha value is -2.24. The molecule has 0 amide bonds. The molecule has 4 aliphatic rings. The monoisotopic (exact) mass is 484 g/mol. The number of hydrogen-bond donors (Lipinski definition) is 0. The van der Waals surface area contributed by atoms with Crippen LogP contribution in [0.4, 0.5) is 0 Å². The molecule has 0 aliphatic heterocycles. The van der Waals surface area contributed by atoms with E-state index in [4.69, 9.17) is 9.47 Å². The molecular formula is C29H40O6. The predicted molar refractivity (Wildman–Crippen MR) is 131 cm³/mol. The van der Waals surface area contributed by atoms with Gasteiger partial charge in [0.05, 0.1) is 0 Å². The van der Waals surface area contributed by atoms with Crippen LogP contribution in [0.25, 0.3) is 0 Å².